The molecule has 2 aromatic rings. The zero-order chi connectivity index (χ0) is 14.9. The van der Waals surface area contributed by atoms with E-state index in [0.29, 0.717) is 31.6 Å². The molecule has 21 heavy (non-hydrogen) atoms. The zero-order valence-corrected chi connectivity index (χ0v) is 11.9. The van der Waals surface area contributed by atoms with Gasteiger partial charge in [-0.25, -0.2) is 0 Å². The number of carbonyl (C=O) groups is 1. The molecule has 110 valence electrons. The minimum absolute atomic E-state index is 0.132. The smallest absolute Gasteiger partial charge is 0.276 e. The molecule has 0 saturated carbocycles. The number of hydrogen-bond donors (Lipinski definition) is 1. The lowest BCUT2D eigenvalue weighted by Gasteiger charge is -2.35. The Morgan fingerprint density at radius 1 is 1.24 bits per heavy atom. The number of rotatable bonds is 2. The van der Waals surface area contributed by atoms with E-state index in [4.69, 9.17) is 0 Å². The Kier molecular flexibility index (Phi) is 3.47. The third-order valence-electron chi connectivity index (χ3n) is 3.83. The second-order valence-electron chi connectivity index (χ2n) is 5.64. The Hall–Kier alpha value is -2.21. The molecule has 0 spiro atoms. The maximum Gasteiger partial charge on any atom is 0.276 e. The maximum absolute atomic E-state index is 12.4. The van der Waals surface area contributed by atoms with Crippen molar-refractivity contribution in [2.24, 2.45) is 0 Å². The van der Waals surface area contributed by atoms with E-state index in [2.05, 4.69) is 10.2 Å². The van der Waals surface area contributed by atoms with Gasteiger partial charge >= 0.3 is 0 Å². The van der Waals surface area contributed by atoms with Crippen LogP contribution in [0, 0.1) is 0 Å². The van der Waals surface area contributed by atoms with E-state index in [9.17, 15) is 9.90 Å². The van der Waals surface area contributed by atoms with Gasteiger partial charge in [-0.2, -0.15) is 9.90 Å². The van der Waals surface area contributed by atoms with Crippen molar-refractivity contribution in [3.63, 3.8) is 0 Å². The molecular weight excluding hydrogens is 268 g/mol. The molecule has 0 aliphatic carbocycles. The van der Waals surface area contributed by atoms with Crippen molar-refractivity contribution in [1.29, 1.82) is 0 Å². The minimum Gasteiger partial charge on any atom is -0.390 e. The molecule has 1 amide bonds. The van der Waals surface area contributed by atoms with Gasteiger partial charge in [0.2, 0.25) is 0 Å². The molecule has 6 heteroatoms. The molecule has 6 nitrogen and oxygen atoms in total. The van der Waals surface area contributed by atoms with Gasteiger partial charge in [-0.1, -0.05) is 18.2 Å². The molecule has 0 unspecified atom stereocenters. The molecule has 1 aromatic heterocycles. The van der Waals surface area contributed by atoms with Crippen LogP contribution in [0.2, 0.25) is 0 Å². The summed E-state index contributed by atoms with van der Waals surface area (Å²) in [6.07, 6.45) is 2.67. The molecule has 1 aromatic carbocycles. The van der Waals surface area contributed by atoms with E-state index >= 15 is 0 Å². The Balaban J connectivity index is 1.73. The Bertz CT molecular complexity index is 626. The number of aromatic nitrogens is 3. The largest absolute Gasteiger partial charge is 0.390 e. The number of para-hydroxylation sites is 1. The average molecular weight is 286 g/mol. The molecule has 1 aliphatic heterocycles. The van der Waals surface area contributed by atoms with Crippen LogP contribution < -0.4 is 0 Å². The topological polar surface area (TPSA) is 71.2 Å². The van der Waals surface area contributed by atoms with Gasteiger partial charge in [0.15, 0.2) is 5.69 Å². The van der Waals surface area contributed by atoms with Crippen molar-refractivity contribution in [2.75, 3.05) is 13.1 Å². The lowest BCUT2D eigenvalue weighted by atomic mass is 9.94. The monoisotopic (exact) mass is 286 g/mol. The van der Waals surface area contributed by atoms with Gasteiger partial charge < -0.3 is 10.0 Å². The molecule has 1 fully saturated rings. The number of likely N-dealkylation sites (tertiary alicyclic amines) is 1. The van der Waals surface area contributed by atoms with Crippen LogP contribution in [0.25, 0.3) is 5.69 Å². The zero-order valence-electron chi connectivity index (χ0n) is 11.9. The summed E-state index contributed by atoms with van der Waals surface area (Å²) < 4.78 is 0. The molecule has 0 radical (unpaired) electrons. The van der Waals surface area contributed by atoms with Crippen molar-refractivity contribution in [1.82, 2.24) is 19.9 Å². The Labute approximate surface area is 123 Å². The number of benzene rings is 1. The first-order valence-corrected chi connectivity index (χ1v) is 7.05. The summed E-state index contributed by atoms with van der Waals surface area (Å²) in [5.41, 5.74) is 0.483. The van der Waals surface area contributed by atoms with Crippen LogP contribution in [0.1, 0.15) is 30.3 Å². The standard InChI is InChI=1S/C15H18N4O2/c1-15(21)7-9-18(10-8-15)14(20)13-11-16-19(17-13)12-5-3-2-4-6-12/h2-6,11,21H,7-10H2,1H3. The third-order valence-corrected chi connectivity index (χ3v) is 3.83. The summed E-state index contributed by atoms with van der Waals surface area (Å²) in [6, 6.07) is 9.47. The van der Waals surface area contributed by atoms with Crippen LogP contribution in [0.5, 0.6) is 0 Å². The first-order valence-electron chi connectivity index (χ1n) is 7.05. The van der Waals surface area contributed by atoms with E-state index in [1.54, 1.807) is 11.8 Å². The fraction of sp³-hybridized carbons (Fsp3) is 0.400. The normalized spacial score (nSPS) is 17.7. The highest BCUT2D eigenvalue weighted by molar-refractivity contribution is 5.92. The average Bonchev–Trinajstić information content (AvgIpc) is 2.97. The van der Waals surface area contributed by atoms with Crippen LogP contribution in [-0.2, 0) is 0 Å². The number of aliphatic hydroxyl groups is 1. The van der Waals surface area contributed by atoms with E-state index in [-0.39, 0.29) is 5.91 Å². The lowest BCUT2D eigenvalue weighted by molar-refractivity contribution is -0.00220. The third kappa shape index (κ3) is 2.95. The van der Waals surface area contributed by atoms with Gasteiger partial charge in [-0.3, -0.25) is 4.79 Å². The Morgan fingerprint density at radius 2 is 1.90 bits per heavy atom. The number of nitrogens with zero attached hydrogens (tertiary/aromatic N) is 4. The second kappa shape index (κ2) is 5.29. The van der Waals surface area contributed by atoms with Gasteiger partial charge in [0, 0.05) is 13.1 Å². The molecule has 0 bridgehead atoms. The number of carbonyl (C=O) groups excluding carboxylic acids is 1. The second-order valence-corrected chi connectivity index (χ2v) is 5.64. The maximum atomic E-state index is 12.4. The fourth-order valence-electron chi connectivity index (χ4n) is 2.40. The van der Waals surface area contributed by atoms with Crippen molar-refractivity contribution < 1.29 is 9.90 Å². The lowest BCUT2D eigenvalue weighted by Crippen LogP contribution is -2.45. The SMILES string of the molecule is CC1(O)CCN(C(=O)c2cnn(-c3ccccc3)n2)CC1. The fourth-order valence-corrected chi connectivity index (χ4v) is 2.40. The first kappa shape index (κ1) is 13.8. The predicted octanol–water partition coefficient (Wildman–Crippen LogP) is 1.25. The number of amides is 1. The summed E-state index contributed by atoms with van der Waals surface area (Å²) in [4.78, 5) is 15.6. The quantitative estimate of drug-likeness (QED) is 0.902. The molecule has 1 N–H and O–H groups in total. The van der Waals surface area contributed by atoms with Gasteiger partial charge in [-0.15, -0.1) is 5.10 Å². The van der Waals surface area contributed by atoms with Crippen molar-refractivity contribution >= 4 is 5.91 Å². The molecule has 1 saturated heterocycles. The van der Waals surface area contributed by atoms with E-state index in [1.165, 1.54) is 11.0 Å². The van der Waals surface area contributed by atoms with Crippen molar-refractivity contribution in [3.05, 3.63) is 42.2 Å². The molecule has 1 aliphatic rings. The molecular formula is C15H18N4O2. The molecule has 0 atom stereocenters. The molecule has 3 rings (SSSR count). The van der Waals surface area contributed by atoms with Gasteiger partial charge in [0.1, 0.15) is 0 Å². The Morgan fingerprint density at radius 3 is 2.57 bits per heavy atom. The van der Waals surface area contributed by atoms with Crippen LogP contribution in [0.4, 0.5) is 0 Å². The summed E-state index contributed by atoms with van der Waals surface area (Å²) in [6.45, 7) is 2.90. The summed E-state index contributed by atoms with van der Waals surface area (Å²) in [5.74, 6) is -0.132. The van der Waals surface area contributed by atoms with Gasteiger partial charge in [0.25, 0.3) is 5.91 Å². The van der Waals surface area contributed by atoms with Crippen LogP contribution >= 0.6 is 0 Å². The van der Waals surface area contributed by atoms with Gasteiger partial charge in [0.05, 0.1) is 17.5 Å². The summed E-state index contributed by atoms with van der Waals surface area (Å²) >= 11 is 0. The molecule has 2 heterocycles. The summed E-state index contributed by atoms with van der Waals surface area (Å²) in [5, 5.41) is 18.3. The highest BCUT2D eigenvalue weighted by Gasteiger charge is 2.30. The minimum atomic E-state index is -0.668. The van der Waals surface area contributed by atoms with Gasteiger partial charge in [-0.05, 0) is 31.9 Å². The van der Waals surface area contributed by atoms with Crippen LogP contribution in [0.3, 0.4) is 0 Å². The van der Waals surface area contributed by atoms with Crippen LogP contribution in [-0.4, -0.2) is 49.6 Å². The van der Waals surface area contributed by atoms with Crippen LogP contribution in [0.15, 0.2) is 36.5 Å². The van der Waals surface area contributed by atoms with E-state index < -0.39 is 5.60 Å². The van der Waals surface area contributed by atoms with E-state index in [0.717, 1.165) is 5.69 Å². The number of hydrogen-bond acceptors (Lipinski definition) is 4. The highest BCUT2D eigenvalue weighted by atomic mass is 16.3. The summed E-state index contributed by atoms with van der Waals surface area (Å²) in [7, 11) is 0. The first-order chi connectivity index (χ1) is 10.1. The van der Waals surface area contributed by atoms with E-state index in [1.807, 2.05) is 30.3 Å². The van der Waals surface area contributed by atoms with Crippen molar-refractivity contribution in [2.45, 2.75) is 25.4 Å². The predicted molar refractivity (Wildman–Crippen MR) is 77.1 cm³/mol. The van der Waals surface area contributed by atoms with Crippen molar-refractivity contribution in [3.8, 4) is 5.69 Å². The highest BCUT2D eigenvalue weighted by Crippen LogP contribution is 2.22. The number of piperidine rings is 1.